The highest BCUT2D eigenvalue weighted by atomic mass is 32.1. The molecule has 2 rings (SSSR count). The lowest BCUT2D eigenvalue weighted by atomic mass is 9.75. The van der Waals surface area contributed by atoms with Gasteiger partial charge in [-0.3, -0.25) is 4.90 Å². The van der Waals surface area contributed by atoms with Gasteiger partial charge in [0.05, 0.1) is 0 Å². The molecule has 0 spiro atoms. The molecule has 16 heavy (non-hydrogen) atoms. The van der Waals surface area contributed by atoms with E-state index in [0.717, 1.165) is 11.8 Å². The zero-order valence-corrected chi connectivity index (χ0v) is 11.6. The quantitative estimate of drug-likeness (QED) is 0.734. The number of hydrogen-bond acceptors (Lipinski definition) is 2. The summed E-state index contributed by atoms with van der Waals surface area (Å²) in [5.41, 5.74) is 0.555. The molecule has 0 radical (unpaired) electrons. The molecule has 0 aromatic heterocycles. The van der Waals surface area contributed by atoms with Crippen LogP contribution in [0.15, 0.2) is 0 Å². The van der Waals surface area contributed by atoms with Gasteiger partial charge in [-0.1, -0.05) is 26.2 Å². The van der Waals surface area contributed by atoms with Crippen LogP contribution in [0.3, 0.4) is 0 Å². The molecule has 2 heteroatoms. The van der Waals surface area contributed by atoms with Crippen LogP contribution in [0.25, 0.3) is 0 Å². The summed E-state index contributed by atoms with van der Waals surface area (Å²) in [6.45, 7) is 5.01. The summed E-state index contributed by atoms with van der Waals surface area (Å²) < 4.78 is 0. The van der Waals surface area contributed by atoms with Gasteiger partial charge in [0.2, 0.25) is 0 Å². The van der Waals surface area contributed by atoms with E-state index < -0.39 is 0 Å². The predicted octanol–water partition coefficient (Wildman–Crippen LogP) is 3.74. The molecule has 0 N–H and O–H groups in total. The Balaban J connectivity index is 1.94. The van der Waals surface area contributed by atoms with E-state index in [-0.39, 0.29) is 0 Å². The van der Waals surface area contributed by atoms with Gasteiger partial charge >= 0.3 is 0 Å². The van der Waals surface area contributed by atoms with Crippen molar-refractivity contribution in [2.75, 3.05) is 18.8 Å². The van der Waals surface area contributed by atoms with Crippen molar-refractivity contribution >= 4 is 12.6 Å². The van der Waals surface area contributed by atoms with Crippen LogP contribution in [0.2, 0.25) is 0 Å². The van der Waals surface area contributed by atoms with Crippen molar-refractivity contribution in [3.05, 3.63) is 0 Å². The lowest BCUT2D eigenvalue weighted by molar-refractivity contribution is 0.115. The van der Waals surface area contributed by atoms with E-state index in [9.17, 15) is 0 Å². The highest BCUT2D eigenvalue weighted by Gasteiger charge is 2.35. The SMILES string of the molecule is CCC1CCCN1CC1(CS)CCCCC1. The fourth-order valence-corrected chi connectivity index (χ4v) is 4.08. The molecule has 1 saturated carbocycles. The minimum atomic E-state index is 0.555. The van der Waals surface area contributed by atoms with Gasteiger partial charge in [0, 0.05) is 12.6 Å². The second kappa shape index (κ2) is 5.77. The highest BCUT2D eigenvalue weighted by molar-refractivity contribution is 7.80. The smallest absolute Gasteiger partial charge is 0.00933 e. The molecule has 1 nitrogen and oxygen atoms in total. The maximum absolute atomic E-state index is 4.65. The van der Waals surface area contributed by atoms with Crippen molar-refractivity contribution in [2.45, 2.75) is 64.3 Å². The van der Waals surface area contributed by atoms with Crippen molar-refractivity contribution in [1.82, 2.24) is 4.90 Å². The average Bonchev–Trinajstić information content (AvgIpc) is 2.77. The molecule has 1 aliphatic heterocycles. The van der Waals surface area contributed by atoms with Crippen LogP contribution >= 0.6 is 12.6 Å². The van der Waals surface area contributed by atoms with E-state index in [4.69, 9.17) is 0 Å². The first-order chi connectivity index (χ1) is 7.79. The number of thiol groups is 1. The van der Waals surface area contributed by atoms with E-state index in [0.29, 0.717) is 5.41 Å². The van der Waals surface area contributed by atoms with Gasteiger partial charge < -0.3 is 0 Å². The van der Waals surface area contributed by atoms with Crippen LogP contribution in [-0.2, 0) is 0 Å². The van der Waals surface area contributed by atoms with Crippen molar-refractivity contribution in [2.24, 2.45) is 5.41 Å². The summed E-state index contributed by atoms with van der Waals surface area (Å²) in [6, 6.07) is 0.874. The summed E-state index contributed by atoms with van der Waals surface area (Å²) in [7, 11) is 0. The maximum atomic E-state index is 4.65. The Morgan fingerprint density at radius 2 is 1.94 bits per heavy atom. The molecule has 2 aliphatic rings. The van der Waals surface area contributed by atoms with Gasteiger partial charge in [0.25, 0.3) is 0 Å². The predicted molar refractivity (Wildman–Crippen MR) is 74.3 cm³/mol. The van der Waals surface area contributed by atoms with Gasteiger partial charge in [-0.25, -0.2) is 0 Å². The molecule has 0 amide bonds. The van der Waals surface area contributed by atoms with Gasteiger partial charge in [0.1, 0.15) is 0 Å². The number of hydrogen-bond donors (Lipinski definition) is 1. The largest absolute Gasteiger partial charge is 0.300 e. The maximum Gasteiger partial charge on any atom is 0.00933 e. The van der Waals surface area contributed by atoms with E-state index >= 15 is 0 Å². The van der Waals surface area contributed by atoms with Gasteiger partial charge in [-0.15, -0.1) is 0 Å². The van der Waals surface area contributed by atoms with Crippen molar-refractivity contribution in [1.29, 1.82) is 0 Å². The molecule has 1 aliphatic carbocycles. The summed E-state index contributed by atoms with van der Waals surface area (Å²) in [6.07, 6.45) is 11.3. The van der Waals surface area contributed by atoms with Crippen LogP contribution in [0.5, 0.6) is 0 Å². The molecule has 1 unspecified atom stereocenters. The summed E-state index contributed by atoms with van der Waals surface area (Å²) in [4.78, 5) is 2.77. The molecule has 1 saturated heterocycles. The van der Waals surface area contributed by atoms with Crippen LogP contribution < -0.4 is 0 Å². The molecule has 2 fully saturated rings. The van der Waals surface area contributed by atoms with Gasteiger partial charge in [-0.2, -0.15) is 12.6 Å². The fraction of sp³-hybridized carbons (Fsp3) is 1.00. The summed E-state index contributed by atoms with van der Waals surface area (Å²) in [5.74, 6) is 1.10. The number of rotatable bonds is 4. The van der Waals surface area contributed by atoms with Crippen LogP contribution in [-0.4, -0.2) is 29.8 Å². The van der Waals surface area contributed by atoms with Crippen LogP contribution in [0, 0.1) is 5.41 Å². The monoisotopic (exact) mass is 241 g/mol. The Hall–Kier alpha value is 0.310. The second-order valence-electron chi connectivity index (χ2n) is 5.89. The fourth-order valence-electron chi connectivity index (χ4n) is 3.66. The van der Waals surface area contributed by atoms with E-state index in [1.54, 1.807) is 0 Å². The molecule has 0 aromatic rings. The zero-order chi connectivity index (χ0) is 11.4. The van der Waals surface area contributed by atoms with Crippen molar-refractivity contribution < 1.29 is 0 Å². The first-order valence-electron chi connectivity index (χ1n) is 7.14. The third-order valence-electron chi connectivity index (χ3n) is 4.76. The standard InChI is InChI=1S/C14H27NS/c1-2-13-7-6-10-15(13)11-14(12-16)8-4-3-5-9-14/h13,16H,2-12H2,1H3. The molecule has 1 heterocycles. The topological polar surface area (TPSA) is 3.24 Å². The summed E-state index contributed by atoms with van der Waals surface area (Å²) in [5, 5.41) is 0. The van der Waals surface area contributed by atoms with Gasteiger partial charge in [0.15, 0.2) is 0 Å². The minimum absolute atomic E-state index is 0.555. The Labute approximate surface area is 106 Å². The molecule has 1 atom stereocenters. The molecule has 0 aromatic carbocycles. The van der Waals surface area contributed by atoms with E-state index in [1.807, 2.05) is 0 Å². The lowest BCUT2D eigenvalue weighted by Crippen LogP contribution is -2.42. The van der Waals surface area contributed by atoms with E-state index in [1.165, 1.54) is 64.5 Å². The number of likely N-dealkylation sites (tertiary alicyclic amines) is 1. The van der Waals surface area contributed by atoms with Crippen molar-refractivity contribution in [3.8, 4) is 0 Å². The Morgan fingerprint density at radius 3 is 2.56 bits per heavy atom. The zero-order valence-electron chi connectivity index (χ0n) is 10.7. The Kier molecular flexibility index (Phi) is 4.60. The number of nitrogens with zero attached hydrogens (tertiary/aromatic N) is 1. The van der Waals surface area contributed by atoms with Gasteiger partial charge in [-0.05, 0) is 49.8 Å². The van der Waals surface area contributed by atoms with Crippen LogP contribution in [0.4, 0.5) is 0 Å². The third-order valence-corrected chi connectivity index (χ3v) is 5.43. The minimum Gasteiger partial charge on any atom is -0.300 e. The van der Waals surface area contributed by atoms with Crippen LogP contribution in [0.1, 0.15) is 58.3 Å². The van der Waals surface area contributed by atoms with E-state index in [2.05, 4.69) is 24.5 Å². The Morgan fingerprint density at radius 1 is 1.19 bits per heavy atom. The average molecular weight is 241 g/mol. The first kappa shape index (κ1) is 12.8. The second-order valence-corrected chi connectivity index (χ2v) is 6.21. The molecular formula is C14H27NS. The summed E-state index contributed by atoms with van der Waals surface area (Å²) >= 11 is 4.65. The lowest BCUT2D eigenvalue weighted by Gasteiger charge is -2.41. The molecular weight excluding hydrogens is 214 g/mol. The third kappa shape index (κ3) is 2.76. The normalized spacial score (nSPS) is 30.8. The van der Waals surface area contributed by atoms with Crippen molar-refractivity contribution in [3.63, 3.8) is 0 Å². The molecule has 0 bridgehead atoms. The Bertz CT molecular complexity index is 211. The first-order valence-corrected chi connectivity index (χ1v) is 7.78. The highest BCUT2D eigenvalue weighted by Crippen LogP contribution is 2.39. The molecule has 94 valence electrons.